The van der Waals surface area contributed by atoms with E-state index in [-0.39, 0.29) is 12.2 Å². The van der Waals surface area contributed by atoms with Crippen molar-refractivity contribution in [3.8, 4) is 5.75 Å². The van der Waals surface area contributed by atoms with Gasteiger partial charge in [-0.15, -0.1) is 0 Å². The largest absolute Gasteiger partial charge is 0.494 e. The van der Waals surface area contributed by atoms with E-state index in [4.69, 9.17) is 9.47 Å². The molecule has 1 aromatic rings. The number of piperidine rings is 1. The van der Waals surface area contributed by atoms with Crippen molar-refractivity contribution < 1.29 is 22.7 Å². The van der Waals surface area contributed by atoms with Crippen LogP contribution in [0.25, 0.3) is 0 Å². The van der Waals surface area contributed by atoms with E-state index in [9.17, 15) is 13.2 Å². The molecule has 7 nitrogen and oxygen atoms in total. The minimum Gasteiger partial charge on any atom is -0.494 e. The van der Waals surface area contributed by atoms with Gasteiger partial charge in [0.05, 0.1) is 19.5 Å². The number of benzene rings is 1. The summed E-state index contributed by atoms with van der Waals surface area (Å²) in [6.07, 6.45) is 7.60. The molecular weight excluding hydrogens is 416 g/mol. The first kappa shape index (κ1) is 25.6. The molecule has 1 atom stereocenters. The van der Waals surface area contributed by atoms with Crippen molar-refractivity contribution >= 4 is 16.0 Å². The third-order valence-electron chi connectivity index (χ3n) is 5.67. The molecule has 2 rings (SSSR count). The van der Waals surface area contributed by atoms with Crippen LogP contribution in [0.4, 0.5) is 0 Å². The molecule has 0 saturated carbocycles. The molecule has 0 aliphatic carbocycles. The second-order valence-electron chi connectivity index (χ2n) is 8.25. The topological polar surface area (TPSA) is 93.7 Å². The van der Waals surface area contributed by atoms with Gasteiger partial charge < -0.3 is 14.8 Å². The highest BCUT2D eigenvalue weighted by Gasteiger charge is 2.25. The first-order chi connectivity index (χ1) is 14.9. The summed E-state index contributed by atoms with van der Waals surface area (Å²) in [6.45, 7) is 4.90. The molecule has 8 heteroatoms. The standard InChI is InChI=1S/C23H38N2O5S/c1-3-4-17-31(27,28)25-22(23(26)29-2)18-20-8-10-21(11-9-20)30-16-6-5-7-19-12-14-24-15-13-19/h8-11,19,22,24-25H,3-7,12-18H2,1-2H3/t22-/m0/s1. The van der Waals surface area contributed by atoms with Gasteiger partial charge in [-0.3, -0.25) is 4.79 Å². The van der Waals surface area contributed by atoms with Crippen molar-refractivity contribution in [1.29, 1.82) is 0 Å². The summed E-state index contributed by atoms with van der Waals surface area (Å²) in [5.41, 5.74) is 0.840. The Kier molecular flexibility index (Phi) is 11.3. The summed E-state index contributed by atoms with van der Waals surface area (Å²) in [6, 6.07) is 6.51. The fourth-order valence-electron chi connectivity index (χ4n) is 3.78. The molecule has 0 aromatic heterocycles. The van der Waals surface area contributed by atoms with E-state index >= 15 is 0 Å². The highest BCUT2D eigenvalue weighted by atomic mass is 32.2. The highest BCUT2D eigenvalue weighted by Crippen LogP contribution is 2.19. The van der Waals surface area contributed by atoms with Crippen molar-refractivity contribution in [2.24, 2.45) is 5.92 Å². The molecule has 0 unspecified atom stereocenters. The summed E-state index contributed by atoms with van der Waals surface area (Å²) >= 11 is 0. The van der Waals surface area contributed by atoms with Gasteiger partial charge >= 0.3 is 5.97 Å². The number of carbonyl (C=O) groups excluding carboxylic acids is 1. The number of ether oxygens (including phenoxy) is 2. The highest BCUT2D eigenvalue weighted by molar-refractivity contribution is 7.89. The van der Waals surface area contributed by atoms with E-state index in [1.807, 2.05) is 31.2 Å². The second kappa shape index (κ2) is 13.7. The van der Waals surface area contributed by atoms with Gasteiger partial charge in [0.1, 0.15) is 11.8 Å². The van der Waals surface area contributed by atoms with Crippen LogP contribution in [0.15, 0.2) is 24.3 Å². The van der Waals surface area contributed by atoms with Gasteiger partial charge in [-0.1, -0.05) is 31.9 Å². The zero-order valence-electron chi connectivity index (χ0n) is 18.9. The maximum absolute atomic E-state index is 12.2. The monoisotopic (exact) mass is 454 g/mol. The first-order valence-corrected chi connectivity index (χ1v) is 13.1. The number of hydrogen-bond acceptors (Lipinski definition) is 6. The zero-order chi connectivity index (χ0) is 22.5. The maximum Gasteiger partial charge on any atom is 0.324 e. The molecule has 1 saturated heterocycles. The van der Waals surface area contributed by atoms with Crippen LogP contribution in [0, 0.1) is 5.92 Å². The predicted molar refractivity (Wildman–Crippen MR) is 123 cm³/mol. The summed E-state index contributed by atoms with van der Waals surface area (Å²) in [5.74, 6) is 1.04. The van der Waals surface area contributed by atoms with Crippen LogP contribution in [0.5, 0.6) is 5.75 Å². The summed E-state index contributed by atoms with van der Waals surface area (Å²) in [4.78, 5) is 12.1. The van der Waals surface area contributed by atoms with Gasteiger partial charge in [-0.05, 0) is 75.2 Å². The van der Waals surface area contributed by atoms with E-state index in [0.717, 1.165) is 43.2 Å². The van der Waals surface area contributed by atoms with Crippen molar-refractivity contribution in [2.45, 2.75) is 64.3 Å². The number of sulfonamides is 1. The van der Waals surface area contributed by atoms with Crippen molar-refractivity contribution in [3.63, 3.8) is 0 Å². The number of methoxy groups -OCH3 is 1. The normalized spacial score (nSPS) is 16.1. The van der Waals surface area contributed by atoms with E-state index in [1.165, 1.54) is 32.8 Å². The molecule has 176 valence electrons. The molecule has 1 fully saturated rings. The van der Waals surface area contributed by atoms with Gasteiger partial charge in [0, 0.05) is 0 Å². The van der Waals surface area contributed by atoms with Gasteiger partial charge in [0.25, 0.3) is 0 Å². The average Bonchev–Trinajstić information content (AvgIpc) is 2.78. The SMILES string of the molecule is CCCCS(=O)(=O)N[C@@H](Cc1ccc(OCCCCC2CCNCC2)cc1)C(=O)OC. The maximum atomic E-state index is 12.2. The summed E-state index contributed by atoms with van der Waals surface area (Å²) in [7, 11) is -2.27. The van der Waals surface area contributed by atoms with Crippen LogP contribution in [0.2, 0.25) is 0 Å². The van der Waals surface area contributed by atoms with Crippen LogP contribution in [-0.4, -0.2) is 53.0 Å². The quantitative estimate of drug-likeness (QED) is 0.332. The van der Waals surface area contributed by atoms with Crippen LogP contribution in [0.1, 0.15) is 57.4 Å². The zero-order valence-corrected chi connectivity index (χ0v) is 19.7. The third kappa shape index (κ3) is 10.0. The van der Waals surface area contributed by atoms with E-state index in [2.05, 4.69) is 10.0 Å². The number of esters is 1. The molecular formula is C23H38N2O5S. The van der Waals surface area contributed by atoms with Crippen LogP contribution >= 0.6 is 0 Å². The molecule has 0 amide bonds. The average molecular weight is 455 g/mol. The Labute approximate surface area is 187 Å². The molecule has 0 radical (unpaired) electrons. The molecule has 2 N–H and O–H groups in total. The molecule has 1 aromatic carbocycles. The first-order valence-electron chi connectivity index (χ1n) is 11.4. The Morgan fingerprint density at radius 3 is 2.52 bits per heavy atom. The molecule has 0 spiro atoms. The molecule has 1 aliphatic rings. The van der Waals surface area contributed by atoms with Gasteiger partial charge in [0.2, 0.25) is 10.0 Å². The Morgan fingerprint density at radius 1 is 1.16 bits per heavy atom. The third-order valence-corrected chi connectivity index (χ3v) is 7.14. The number of unbranched alkanes of at least 4 members (excludes halogenated alkanes) is 2. The number of rotatable bonds is 14. The molecule has 0 bridgehead atoms. The van der Waals surface area contributed by atoms with Crippen molar-refractivity contribution in [1.82, 2.24) is 10.0 Å². The Balaban J connectivity index is 1.78. The smallest absolute Gasteiger partial charge is 0.324 e. The summed E-state index contributed by atoms with van der Waals surface area (Å²) < 4.78 is 37.5. The van der Waals surface area contributed by atoms with Crippen LogP contribution < -0.4 is 14.8 Å². The minimum absolute atomic E-state index is 0.00140. The Hall–Kier alpha value is -1.64. The van der Waals surface area contributed by atoms with E-state index in [1.54, 1.807) is 0 Å². The lowest BCUT2D eigenvalue weighted by molar-refractivity contribution is -0.142. The predicted octanol–water partition coefficient (Wildman–Crippen LogP) is 3.04. The number of nitrogens with one attached hydrogen (secondary N) is 2. The lowest BCUT2D eigenvalue weighted by atomic mass is 9.93. The number of carbonyl (C=O) groups is 1. The second-order valence-corrected chi connectivity index (χ2v) is 10.1. The van der Waals surface area contributed by atoms with Crippen LogP contribution in [0.3, 0.4) is 0 Å². The van der Waals surface area contributed by atoms with Crippen molar-refractivity contribution in [3.05, 3.63) is 29.8 Å². The lowest BCUT2D eigenvalue weighted by Crippen LogP contribution is -2.43. The molecule has 1 heterocycles. The molecule has 31 heavy (non-hydrogen) atoms. The van der Waals surface area contributed by atoms with E-state index < -0.39 is 22.0 Å². The van der Waals surface area contributed by atoms with Gasteiger partial charge in [0.15, 0.2) is 0 Å². The fraction of sp³-hybridized carbons (Fsp3) is 0.696. The van der Waals surface area contributed by atoms with Gasteiger partial charge in [-0.2, -0.15) is 0 Å². The fourth-order valence-corrected chi connectivity index (χ4v) is 5.18. The Bertz CT molecular complexity index is 746. The van der Waals surface area contributed by atoms with E-state index in [0.29, 0.717) is 13.0 Å². The van der Waals surface area contributed by atoms with Gasteiger partial charge in [-0.25, -0.2) is 13.1 Å². The minimum atomic E-state index is -3.53. The number of hydrogen-bond donors (Lipinski definition) is 2. The molecule has 1 aliphatic heterocycles. The Morgan fingerprint density at radius 2 is 1.87 bits per heavy atom. The van der Waals surface area contributed by atoms with Crippen LogP contribution in [-0.2, 0) is 26.0 Å². The lowest BCUT2D eigenvalue weighted by Gasteiger charge is -2.22. The summed E-state index contributed by atoms with van der Waals surface area (Å²) in [5, 5.41) is 3.40. The van der Waals surface area contributed by atoms with Crippen molar-refractivity contribution in [2.75, 3.05) is 32.6 Å².